The molecule has 0 amide bonds. The van der Waals surface area contributed by atoms with Gasteiger partial charge in [0.25, 0.3) is 0 Å². The Morgan fingerprint density at radius 3 is 2.67 bits per heavy atom. The smallest absolute Gasteiger partial charge is 0.0914 e. The highest BCUT2D eigenvalue weighted by atomic mass is 32.2. The standard InChI is InChI=1S/C14H18N2OS/c1-3-16-9-12(8-15-16)14(17)10-18-13-6-4-11(2)5-7-13/h4-9,14,17H,3,10H2,1-2H3. The molecular weight excluding hydrogens is 244 g/mol. The van der Waals surface area contributed by atoms with Gasteiger partial charge >= 0.3 is 0 Å². The van der Waals surface area contributed by atoms with E-state index in [1.165, 1.54) is 10.5 Å². The lowest BCUT2D eigenvalue weighted by atomic mass is 10.2. The first-order chi connectivity index (χ1) is 8.69. The van der Waals surface area contributed by atoms with Crippen LogP contribution in [0.15, 0.2) is 41.6 Å². The highest BCUT2D eigenvalue weighted by molar-refractivity contribution is 7.99. The summed E-state index contributed by atoms with van der Waals surface area (Å²) in [5.41, 5.74) is 2.14. The third-order valence-electron chi connectivity index (χ3n) is 2.79. The first-order valence-electron chi connectivity index (χ1n) is 6.09. The van der Waals surface area contributed by atoms with E-state index < -0.39 is 6.10 Å². The third kappa shape index (κ3) is 3.37. The molecule has 2 rings (SSSR count). The van der Waals surface area contributed by atoms with E-state index in [2.05, 4.69) is 36.3 Å². The fraction of sp³-hybridized carbons (Fsp3) is 0.357. The lowest BCUT2D eigenvalue weighted by Crippen LogP contribution is -1.99. The molecule has 0 aliphatic heterocycles. The van der Waals surface area contributed by atoms with Crippen LogP contribution in [0.25, 0.3) is 0 Å². The molecule has 0 aliphatic rings. The minimum Gasteiger partial charge on any atom is -0.387 e. The zero-order chi connectivity index (χ0) is 13.0. The zero-order valence-corrected chi connectivity index (χ0v) is 11.5. The van der Waals surface area contributed by atoms with Gasteiger partial charge < -0.3 is 5.11 Å². The van der Waals surface area contributed by atoms with Crippen molar-refractivity contribution >= 4 is 11.8 Å². The molecule has 0 saturated heterocycles. The van der Waals surface area contributed by atoms with E-state index >= 15 is 0 Å². The molecule has 0 spiro atoms. The number of hydrogen-bond donors (Lipinski definition) is 1. The van der Waals surface area contributed by atoms with Gasteiger partial charge in [0.1, 0.15) is 0 Å². The molecular formula is C14H18N2OS. The Bertz CT molecular complexity index is 493. The van der Waals surface area contributed by atoms with Gasteiger partial charge in [-0.15, -0.1) is 11.8 Å². The maximum atomic E-state index is 10.1. The highest BCUT2D eigenvalue weighted by Gasteiger charge is 2.10. The van der Waals surface area contributed by atoms with Crippen LogP contribution in [0.3, 0.4) is 0 Å². The molecule has 1 aromatic heterocycles. The monoisotopic (exact) mass is 262 g/mol. The van der Waals surface area contributed by atoms with E-state index in [4.69, 9.17) is 0 Å². The van der Waals surface area contributed by atoms with Gasteiger partial charge in [-0.1, -0.05) is 17.7 Å². The molecule has 1 N–H and O–H groups in total. The maximum Gasteiger partial charge on any atom is 0.0914 e. The van der Waals surface area contributed by atoms with Crippen molar-refractivity contribution in [1.29, 1.82) is 0 Å². The number of nitrogens with zero attached hydrogens (tertiary/aromatic N) is 2. The van der Waals surface area contributed by atoms with Crippen LogP contribution in [-0.2, 0) is 6.54 Å². The number of hydrogen-bond acceptors (Lipinski definition) is 3. The molecule has 0 fully saturated rings. The van der Waals surface area contributed by atoms with Gasteiger partial charge in [-0.3, -0.25) is 4.68 Å². The molecule has 1 unspecified atom stereocenters. The number of thioether (sulfide) groups is 1. The summed E-state index contributed by atoms with van der Waals surface area (Å²) < 4.78 is 1.83. The van der Waals surface area contributed by atoms with Gasteiger partial charge in [0.05, 0.1) is 12.3 Å². The van der Waals surface area contributed by atoms with Crippen LogP contribution in [0.4, 0.5) is 0 Å². The summed E-state index contributed by atoms with van der Waals surface area (Å²) in [4.78, 5) is 1.18. The number of aliphatic hydroxyl groups is 1. The fourth-order valence-electron chi connectivity index (χ4n) is 1.63. The first kappa shape index (κ1) is 13.2. The number of aromatic nitrogens is 2. The van der Waals surface area contributed by atoms with Crippen LogP contribution in [0.2, 0.25) is 0 Å². The Labute approximate surface area is 112 Å². The first-order valence-corrected chi connectivity index (χ1v) is 7.07. The average Bonchev–Trinajstić information content (AvgIpc) is 2.86. The van der Waals surface area contributed by atoms with Crippen molar-refractivity contribution in [1.82, 2.24) is 9.78 Å². The van der Waals surface area contributed by atoms with Crippen molar-refractivity contribution in [3.63, 3.8) is 0 Å². The molecule has 18 heavy (non-hydrogen) atoms. The number of aryl methyl sites for hydroxylation is 2. The zero-order valence-electron chi connectivity index (χ0n) is 10.7. The molecule has 0 radical (unpaired) electrons. The number of aliphatic hydroxyl groups excluding tert-OH is 1. The molecule has 4 heteroatoms. The van der Waals surface area contributed by atoms with Crippen molar-refractivity contribution < 1.29 is 5.11 Å². The molecule has 0 aliphatic carbocycles. The van der Waals surface area contributed by atoms with Crippen LogP contribution in [-0.4, -0.2) is 20.6 Å². The topological polar surface area (TPSA) is 38.0 Å². The third-order valence-corrected chi connectivity index (χ3v) is 3.88. The Balaban J connectivity index is 1.91. The summed E-state index contributed by atoms with van der Waals surface area (Å²) in [7, 11) is 0. The van der Waals surface area contributed by atoms with Crippen LogP contribution < -0.4 is 0 Å². The minimum absolute atomic E-state index is 0.461. The van der Waals surface area contributed by atoms with Crippen molar-refractivity contribution in [2.45, 2.75) is 31.4 Å². The maximum absolute atomic E-state index is 10.1. The Kier molecular flexibility index (Phi) is 4.44. The predicted octanol–water partition coefficient (Wildman–Crippen LogP) is 3.04. The summed E-state index contributed by atoms with van der Waals surface area (Å²) in [5.74, 6) is 0.651. The Morgan fingerprint density at radius 2 is 2.06 bits per heavy atom. The summed E-state index contributed by atoms with van der Waals surface area (Å²) in [6, 6.07) is 8.35. The van der Waals surface area contributed by atoms with Gasteiger partial charge in [-0.2, -0.15) is 5.10 Å². The lowest BCUT2D eigenvalue weighted by molar-refractivity contribution is 0.204. The van der Waals surface area contributed by atoms with Gasteiger partial charge in [0.15, 0.2) is 0 Å². The SMILES string of the molecule is CCn1cc(C(O)CSc2ccc(C)cc2)cn1. The highest BCUT2D eigenvalue weighted by Crippen LogP contribution is 2.24. The second-order valence-electron chi connectivity index (χ2n) is 4.27. The van der Waals surface area contributed by atoms with E-state index in [1.807, 2.05) is 17.8 Å². The largest absolute Gasteiger partial charge is 0.387 e. The van der Waals surface area contributed by atoms with Crippen molar-refractivity contribution in [3.05, 3.63) is 47.8 Å². The molecule has 1 aromatic carbocycles. The van der Waals surface area contributed by atoms with Gasteiger partial charge in [-0.25, -0.2) is 0 Å². The summed E-state index contributed by atoms with van der Waals surface area (Å²) in [5, 5.41) is 14.2. The lowest BCUT2D eigenvalue weighted by Gasteiger charge is -2.08. The van der Waals surface area contributed by atoms with Crippen molar-refractivity contribution in [2.75, 3.05) is 5.75 Å². The van der Waals surface area contributed by atoms with Gasteiger partial charge in [-0.05, 0) is 26.0 Å². The summed E-state index contributed by atoms with van der Waals surface area (Å²) in [6.45, 7) is 4.93. The number of rotatable bonds is 5. The molecule has 0 bridgehead atoms. The normalized spacial score (nSPS) is 12.6. The van der Waals surface area contributed by atoms with E-state index in [9.17, 15) is 5.11 Å². The Morgan fingerprint density at radius 1 is 1.33 bits per heavy atom. The van der Waals surface area contributed by atoms with Crippen molar-refractivity contribution in [3.8, 4) is 0 Å². The van der Waals surface area contributed by atoms with E-state index in [1.54, 1.807) is 18.0 Å². The van der Waals surface area contributed by atoms with E-state index in [0.717, 1.165) is 12.1 Å². The van der Waals surface area contributed by atoms with Crippen LogP contribution in [0, 0.1) is 6.92 Å². The van der Waals surface area contributed by atoms with E-state index in [0.29, 0.717) is 5.75 Å². The average molecular weight is 262 g/mol. The molecule has 1 heterocycles. The molecule has 96 valence electrons. The molecule has 2 aromatic rings. The minimum atomic E-state index is -0.461. The summed E-state index contributed by atoms with van der Waals surface area (Å²) in [6.07, 6.45) is 3.18. The number of benzene rings is 1. The van der Waals surface area contributed by atoms with Crippen LogP contribution in [0.1, 0.15) is 24.2 Å². The fourth-order valence-corrected chi connectivity index (χ4v) is 2.50. The van der Waals surface area contributed by atoms with Gasteiger partial charge in [0, 0.05) is 29.0 Å². The predicted molar refractivity (Wildman–Crippen MR) is 74.8 cm³/mol. The second kappa shape index (κ2) is 6.07. The molecule has 3 nitrogen and oxygen atoms in total. The van der Waals surface area contributed by atoms with E-state index in [-0.39, 0.29) is 0 Å². The Hall–Kier alpha value is -1.26. The van der Waals surface area contributed by atoms with Gasteiger partial charge in [0.2, 0.25) is 0 Å². The van der Waals surface area contributed by atoms with Crippen molar-refractivity contribution in [2.24, 2.45) is 0 Å². The summed E-state index contributed by atoms with van der Waals surface area (Å²) >= 11 is 1.66. The van der Waals surface area contributed by atoms with Crippen LogP contribution in [0.5, 0.6) is 0 Å². The molecule has 1 atom stereocenters. The van der Waals surface area contributed by atoms with Crippen LogP contribution >= 0.6 is 11.8 Å². The molecule has 0 saturated carbocycles. The quantitative estimate of drug-likeness (QED) is 0.842. The second-order valence-corrected chi connectivity index (χ2v) is 5.36.